The minimum Gasteiger partial charge on any atom is -0.480 e. The van der Waals surface area contributed by atoms with Crippen molar-refractivity contribution in [2.45, 2.75) is 45.3 Å². The molecule has 0 fully saturated rings. The first-order valence-corrected chi connectivity index (χ1v) is 5.74. The summed E-state index contributed by atoms with van der Waals surface area (Å²) >= 11 is 0. The van der Waals surface area contributed by atoms with Crippen molar-refractivity contribution < 1.29 is 9.47 Å². The minimum atomic E-state index is -0.398. The topological polar surface area (TPSA) is 42.2 Å². The Hall–Kier alpha value is -1.69. The van der Waals surface area contributed by atoms with Gasteiger partial charge in [-0.05, 0) is 45.4 Å². The molecule has 1 aromatic carbocycles. The Bertz CT molecular complexity index is 483. The van der Waals surface area contributed by atoms with Crippen LogP contribution in [0.2, 0.25) is 0 Å². The number of hydrogen-bond acceptors (Lipinski definition) is 3. The molecule has 0 radical (unpaired) electrons. The van der Waals surface area contributed by atoms with Crippen LogP contribution in [-0.4, -0.2) is 11.2 Å². The minimum absolute atomic E-state index is 0.378. The van der Waals surface area contributed by atoms with Crippen LogP contribution < -0.4 is 9.47 Å². The first-order chi connectivity index (χ1) is 7.86. The van der Waals surface area contributed by atoms with Crippen LogP contribution in [0.25, 0.3) is 0 Å². The molecule has 0 N–H and O–H groups in total. The SMILES string of the molecule is CC1(C)Oc2ccc(CC#N)cc2OC1(C)C. The van der Waals surface area contributed by atoms with Gasteiger partial charge in [0, 0.05) is 0 Å². The van der Waals surface area contributed by atoms with Gasteiger partial charge >= 0.3 is 0 Å². The van der Waals surface area contributed by atoms with Crippen molar-refractivity contribution in [2.75, 3.05) is 0 Å². The lowest BCUT2D eigenvalue weighted by atomic mass is 9.88. The molecule has 2 rings (SSSR count). The quantitative estimate of drug-likeness (QED) is 0.746. The zero-order chi connectivity index (χ0) is 12.7. The third-order valence-corrected chi connectivity index (χ3v) is 3.47. The number of fused-ring (bicyclic) bond motifs is 1. The summed E-state index contributed by atoms with van der Waals surface area (Å²) < 4.78 is 11.9. The summed E-state index contributed by atoms with van der Waals surface area (Å²) in [5.41, 5.74) is 0.174. The summed E-state index contributed by atoms with van der Waals surface area (Å²) in [6, 6.07) is 7.79. The summed E-state index contributed by atoms with van der Waals surface area (Å²) in [4.78, 5) is 0. The molecule has 0 aromatic heterocycles. The van der Waals surface area contributed by atoms with Crippen molar-refractivity contribution in [2.24, 2.45) is 0 Å². The fourth-order valence-corrected chi connectivity index (χ4v) is 1.71. The fraction of sp³-hybridized carbons (Fsp3) is 0.500. The zero-order valence-electron chi connectivity index (χ0n) is 10.7. The third-order valence-electron chi connectivity index (χ3n) is 3.47. The van der Waals surface area contributed by atoms with Gasteiger partial charge in [-0.15, -0.1) is 0 Å². The predicted octanol–water partition coefficient (Wildman–Crippen LogP) is 3.08. The number of hydrogen-bond donors (Lipinski definition) is 0. The highest BCUT2D eigenvalue weighted by Gasteiger charge is 2.45. The highest BCUT2D eigenvalue weighted by molar-refractivity contribution is 5.46. The molecule has 0 saturated carbocycles. The van der Waals surface area contributed by atoms with Crippen LogP contribution in [0.3, 0.4) is 0 Å². The highest BCUT2D eigenvalue weighted by Crippen LogP contribution is 2.43. The molecule has 0 aliphatic carbocycles. The molecule has 0 amide bonds. The van der Waals surface area contributed by atoms with E-state index < -0.39 is 5.60 Å². The highest BCUT2D eigenvalue weighted by atomic mass is 16.6. The maximum atomic E-state index is 8.69. The van der Waals surface area contributed by atoms with Crippen molar-refractivity contribution in [3.8, 4) is 17.6 Å². The number of benzene rings is 1. The largest absolute Gasteiger partial charge is 0.480 e. The molecule has 1 aliphatic heterocycles. The average molecular weight is 231 g/mol. The summed E-state index contributed by atoms with van der Waals surface area (Å²) in [6.45, 7) is 8.04. The van der Waals surface area contributed by atoms with E-state index in [-0.39, 0.29) is 5.60 Å². The second-order valence-corrected chi connectivity index (χ2v) is 5.34. The van der Waals surface area contributed by atoms with Gasteiger partial charge in [-0.1, -0.05) is 6.07 Å². The Morgan fingerprint density at radius 2 is 1.65 bits per heavy atom. The van der Waals surface area contributed by atoms with Gasteiger partial charge in [-0.25, -0.2) is 0 Å². The van der Waals surface area contributed by atoms with Gasteiger partial charge in [0.1, 0.15) is 11.2 Å². The van der Waals surface area contributed by atoms with Crippen LogP contribution in [0.1, 0.15) is 33.3 Å². The predicted molar refractivity (Wildman–Crippen MR) is 65.2 cm³/mol. The Morgan fingerprint density at radius 1 is 1.06 bits per heavy atom. The van der Waals surface area contributed by atoms with E-state index in [0.717, 1.165) is 17.1 Å². The van der Waals surface area contributed by atoms with E-state index in [1.165, 1.54) is 0 Å². The van der Waals surface area contributed by atoms with Crippen LogP contribution in [0.15, 0.2) is 18.2 Å². The fourth-order valence-electron chi connectivity index (χ4n) is 1.71. The monoisotopic (exact) mass is 231 g/mol. The van der Waals surface area contributed by atoms with Crippen LogP contribution >= 0.6 is 0 Å². The van der Waals surface area contributed by atoms with E-state index in [9.17, 15) is 0 Å². The number of nitrogens with zero attached hydrogens (tertiary/aromatic N) is 1. The van der Waals surface area contributed by atoms with Crippen molar-refractivity contribution in [3.63, 3.8) is 0 Å². The molecule has 1 heterocycles. The van der Waals surface area contributed by atoms with Gasteiger partial charge in [0.05, 0.1) is 12.5 Å². The van der Waals surface area contributed by atoms with E-state index in [0.29, 0.717) is 6.42 Å². The Kier molecular flexibility index (Phi) is 2.54. The van der Waals surface area contributed by atoms with Crippen molar-refractivity contribution in [1.29, 1.82) is 5.26 Å². The molecule has 17 heavy (non-hydrogen) atoms. The van der Waals surface area contributed by atoms with E-state index in [4.69, 9.17) is 14.7 Å². The van der Waals surface area contributed by atoms with Gasteiger partial charge in [0.25, 0.3) is 0 Å². The molecule has 90 valence electrons. The van der Waals surface area contributed by atoms with Crippen LogP contribution in [0.5, 0.6) is 11.5 Å². The molecule has 0 spiro atoms. The lowest BCUT2D eigenvalue weighted by molar-refractivity contribution is -0.0991. The molecule has 0 atom stereocenters. The molecule has 0 unspecified atom stereocenters. The first-order valence-electron chi connectivity index (χ1n) is 5.74. The van der Waals surface area contributed by atoms with Gasteiger partial charge in [0.2, 0.25) is 0 Å². The lowest BCUT2D eigenvalue weighted by Crippen LogP contribution is -2.56. The van der Waals surface area contributed by atoms with Gasteiger partial charge in [-0.2, -0.15) is 5.26 Å². The number of nitriles is 1. The van der Waals surface area contributed by atoms with Crippen LogP contribution in [-0.2, 0) is 6.42 Å². The Labute approximate surface area is 102 Å². The second-order valence-electron chi connectivity index (χ2n) is 5.34. The van der Waals surface area contributed by atoms with E-state index in [2.05, 4.69) is 6.07 Å². The zero-order valence-corrected chi connectivity index (χ0v) is 10.7. The standard InChI is InChI=1S/C14H17NO2/c1-13(2)14(3,4)17-12-9-10(7-8-15)5-6-11(12)16-13/h5-6,9H,7H2,1-4H3. The van der Waals surface area contributed by atoms with Crippen molar-refractivity contribution in [1.82, 2.24) is 0 Å². The molecular weight excluding hydrogens is 214 g/mol. The summed E-state index contributed by atoms with van der Waals surface area (Å²) in [7, 11) is 0. The molecular formula is C14H17NO2. The molecule has 3 heteroatoms. The second kappa shape index (κ2) is 3.66. The number of rotatable bonds is 1. The summed E-state index contributed by atoms with van der Waals surface area (Å²) in [5.74, 6) is 1.47. The van der Waals surface area contributed by atoms with Crippen molar-refractivity contribution in [3.05, 3.63) is 23.8 Å². The Morgan fingerprint density at radius 3 is 2.24 bits per heavy atom. The smallest absolute Gasteiger partial charge is 0.162 e. The molecule has 0 saturated heterocycles. The van der Waals surface area contributed by atoms with Crippen LogP contribution in [0.4, 0.5) is 0 Å². The number of ether oxygens (including phenoxy) is 2. The summed E-state index contributed by atoms with van der Waals surface area (Å²) in [5, 5.41) is 8.69. The summed E-state index contributed by atoms with van der Waals surface area (Å²) in [6.07, 6.45) is 0.389. The third kappa shape index (κ3) is 1.95. The van der Waals surface area contributed by atoms with E-state index in [1.54, 1.807) is 0 Å². The molecule has 0 bridgehead atoms. The van der Waals surface area contributed by atoms with Crippen molar-refractivity contribution >= 4 is 0 Å². The van der Waals surface area contributed by atoms with Gasteiger partial charge < -0.3 is 9.47 Å². The molecule has 1 aliphatic rings. The van der Waals surface area contributed by atoms with E-state index >= 15 is 0 Å². The molecule has 3 nitrogen and oxygen atoms in total. The van der Waals surface area contributed by atoms with E-state index in [1.807, 2.05) is 45.9 Å². The normalized spacial score (nSPS) is 19.5. The Balaban J connectivity index is 2.40. The van der Waals surface area contributed by atoms with Crippen LogP contribution in [0, 0.1) is 11.3 Å². The first kappa shape index (κ1) is 11.8. The average Bonchev–Trinajstić information content (AvgIpc) is 2.20. The lowest BCUT2D eigenvalue weighted by Gasteiger charge is -2.45. The van der Waals surface area contributed by atoms with Gasteiger partial charge in [-0.3, -0.25) is 0 Å². The maximum absolute atomic E-state index is 8.69. The van der Waals surface area contributed by atoms with Gasteiger partial charge in [0.15, 0.2) is 11.5 Å². The maximum Gasteiger partial charge on any atom is 0.162 e. The molecule has 1 aromatic rings.